The summed E-state index contributed by atoms with van der Waals surface area (Å²) in [6, 6.07) is -0.00532. The molecule has 3 rings (SSSR count). The van der Waals surface area contributed by atoms with Crippen LogP contribution in [-0.4, -0.2) is 52.3 Å². The van der Waals surface area contributed by atoms with E-state index in [-0.39, 0.29) is 23.7 Å². The molecule has 1 aliphatic carbocycles. The molecule has 0 aromatic carbocycles. The zero-order chi connectivity index (χ0) is 15.7. The van der Waals surface area contributed by atoms with Crippen molar-refractivity contribution in [2.75, 3.05) is 19.4 Å². The average Bonchev–Trinajstić information content (AvgIpc) is 3.09. The number of rotatable bonds is 4. The summed E-state index contributed by atoms with van der Waals surface area (Å²) in [4.78, 5) is 18.7. The number of likely N-dealkylation sites (tertiary alicyclic amines) is 1. The molecule has 2 fully saturated rings. The molecule has 1 aliphatic heterocycles. The van der Waals surface area contributed by atoms with Crippen molar-refractivity contribution in [1.82, 2.24) is 9.88 Å². The number of anilines is 1. The molecule has 7 heteroatoms. The Balaban J connectivity index is 1.64. The van der Waals surface area contributed by atoms with Crippen LogP contribution in [0.5, 0.6) is 0 Å². The van der Waals surface area contributed by atoms with Gasteiger partial charge >= 0.3 is 0 Å². The van der Waals surface area contributed by atoms with Crippen LogP contribution in [0.1, 0.15) is 37.8 Å². The highest BCUT2D eigenvalue weighted by Crippen LogP contribution is 2.42. The monoisotopic (exact) mass is 325 g/mol. The normalized spacial score (nSPS) is 31.3. The van der Waals surface area contributed by atoms with Crippen LogP contribution in [0.15, 0.2) is 5.38 Å². The summed E-state index contributed by atoms with van der Waals surface area (Å²) in [6.45, 7) is 0.712. The van der Waals surface area contributed by atoms with Crippen molar-refractivity contribution in [2.24, 2.45) is 0 Å². The van der Waals surface area contributed by atoms with Crippen molar-refractivity contribution in [3.05, 3.63) is 11.1 Å². The number of aryl methyl sites for hydroxylation is 1. The second-order valence-electron chi connectivity index (χ2n) is 6.23. The zero-order valence-electron chi connectivity index (χ0n) is 12.8. The van der Waals surface area contributed by atoms with Gasteiger partial charge in [-0.05, 0) is 32.1 Å². The maximum atomic E-state index is 12.6. The number of hydrogen-bond donors (Lipinski definition) is 2. The van der Waals surface area contributed by atoms with Gasteiger partial charge in [0.05, 0.1) is 23.4 Å². The third-order valence-corrected chi connectivity index (χ3v) is 5.77. The zero-order valence-corrected chi connectivity index (χ0v) is 13.6. The highest BCUT2D eigenvalue weighted by molar-refractivity contribution is 7.13. The molecule has 2 aliphatic rings. The van der Waals surface area contributed by atoms with E-state index >= 15 is 0 Å². The van der Waals surface area contributed by atoms with Crippen molar-refractivity contribution in [3.63, 3.8) is 0 Å². The fraction of sp³-hybridized carbons (Fsp3) is 0.733. The van der Waals surface area contributed by atoms with Crippen LogP contribution in [0.4, 0.5) is 5.13 Å². The van der Waals surface area contributed by atoms with Gasteiger partial charge < -0.3 is 20.5 Å². The van der Waals surface area contributed by atoms with E-state index in [1.165, 1.54) is 11.3 Å². The summed E-state index contributed by atoms with van der Waals surface area (Å²) in [5, 5.41) is 12.4. The lowest BCUT2D eigenvalue weighted by molar-refractivity contribution is -0.139. The van der Waals surface area contributed by atoms with Gasteiger partial charge in [0.25, 0.3) is 0 Å². The predicted octanol–water partition coefficient (Wildman–Crippen LogP) is 1.19. The number of nitrogen functional groups attached to an aromatic ring is 1. The number of carbonyl (C=O) groups is 1. The largest absolute Gasteiger partial charge is 0.393 e. The first kappa shape index (κ1) is 15.7. The Morgan fingerprint density at radius 2 is 2.45 bits per heavy atom. The number of aliphatic hydroxyl groups is 1. The predicted molar refractivity (Wildman–Crippen MR) is 84.6 cm³/mol. The minimum atomic E-state index is -0.333. The lowest BCUT2D eigenvalue weighted by Crippen LogP contribution is -2.52. The Labute approximate surface area is 134 Å². The third-order valence-electron chi connectivity index (χ3n) is 5.05. The third kappa shape index (κ3) is 2.85. The van der Waals surface area contributed by atoms with Crippen molar-refractivity contribution in [1.29, 1.82) is 0 Å². The van der Waals surface area contributed by atoms with Crippen LogP contribution in [0, 0.1) is 0 Å². The lowest BCUT2D eigenvalue weighted by atomic mass is 9.79. The number of nitrogens with zero attached hydrogens (tertiary/aromatic N) is 2. The molecule has 3 N–H and O–H groups in total. The maximum Gasteiger partial charge on any atom is 0.223 e. The molecule has 0 unspecified atom stereocenters. The van der Waals surface area contributed by atoms with Gasteiger partial charge in [0.2, 0.25) is 5.91 Å². The van der Waals surface area contributed by atoms with Crippen LogP contribution in [0.25, 0.3) is 0 Å². The Bertz CT molecular complexity index is 550. The van der Waals surface area contributed by atoms with Gasteiger partial charge in [-0.2, -0.15) is 0 Å². The topological polar surface area (TPSA) is 88.7 Å². The number of hydrogen-bond acceptors (Lipinski definition) is 6. The van der Waals surface area contributed by atoms with Crippen LogP contribution < -0.4 is 5.73 Å². The van der Waals surface area contributed by atoms with Gasteiger partial charge in [0, 0.05) is 25.5 Å². The number of carbonyl (C=O) groups excluding carboxylic acids is 1. The number of amides is 1. The summed E-state index contributed by atoms with van der Waals surface area (Å²) in [7, 11) is 1.72. The first-order chi connectivity index (χ1) is 10.5. The molecule has 0 spiro atoms. The van der Waals surface area contributed by atoms with E-state index in [0.29, 0.717) is 30.9 Å². The van der Waals surface area contributed by atoms with Crippen molar-refractivity contribution >= 4 is 22.4 Å². The van der Waals surface area contributed by atoms with Gasteiger partial charge in [-0.3, -0.25) is 4.79 Å². The molecule has 2 heterocycles. The quantitative estimate of drug-likeness (QED) is 0.868. The molecular formula is C15H23N3O3S. The smallest absolute Gasteiger partial charge is 0.223 e. The van der Waals surface area contributed by atoms with Crippen LogP contribution in [0.2, 0.25) is 0 Å². The van der Waals surface area contributed by atoms with Gasteiger partial charge in [0.15, 0.2) is 5.13 Å². The lowest BCUT2D eigenvalue weighted by Gasteiger charge is -2.42. The minimum absolute atomic E-state index is 0.00532. The van der Waals surface area contributed by atoms with E-state index in [4.69, 9.17) is 10.5 Å². The molecule has 1 saturated carbocycles. The highest BCUT2D eigenvalue weighted by atomic mass is 32.1. The number of aromatic nitrogens is 1. The molecule has 3 atom stereocenters. The van der Waals surface area contributed by atoms with E-state index < -0.39 is 0 Å². The number of methoxy groups -OCH3 is 1. The molecule has 1 aromatic rings. The van der Waals surface area contributed by atoms with Crippen LogP contribution in [-0.2, 0) is 16.0 Å². The maximum absolute atomic E-state index is 12.6. The van der Waals surface area contributed by atoms with Crippen molar-refractivity contribution in [3.8, 4) is 0 Å². The molecular weight excluding hydrogens is 302 g/mol. The fourth-order valence-corrected chi connectivity index (χ4v) is 4.39. The molecule has 0 bridgehead atoms. The van der Waals surface area contributed by atoms with E-state index in [2.05, 4.69) is 4.98 Å². The molecule has 6 nitrogen and oxygen atoms in total. The molecule has 0 radical (unpaired) electrons. The first-order valence-corrected chi connectivity index (χ1v) is 8.64. The molecule has 1 amide bonds. The second kappa shape index (κ2) is 6.14. The second-order valence-corrected chi connectivity index (χ2v) is 7.12. The SMILES string of the molecule is CO[C@]12CC[C@@H](O)C[C@H]1N(C(=O)CCc1csc(N)n1)CC2. The van der Waals surface area contributed by atoms with Gasteiger partial charge in [-0.15, -0.1) is 11.3 Å². The average molecular weight is 325 g/mol. The Hall–Kier alpha value is -1.18. The Morgan fingerprint density at radius 3 is 3.14 bits per heavy atom. The first-order valence-electron chi connectivity index (χ1n) is 7.76. The standard InChI is InChI=1S/C15H23N3O3S/c1-21-15-5-4-11(19)8-12(15)18(7-6-15)13(20)3-2-10-9-22-14(16)17-10/h9,11-12,19H,2-8H2,1H3,(H2,16,17)/t11-,12-,15+/m1/s1. The Morgan fingerprint density at radius 1 is 1.64 bits per heavy atom. The molecule has 22 heavy (non-hydrogen) atoms. The minimum Gasteiger partial charge on any atom is -0.393 e. The number of thiazole rings is 1. The summed E-state index contributed by atoms with van der Waals surface area (Å²) < 4.78 is 5.77. The highest BCUT2D eigenvalue weighted by Gasteiger charge is 2.52. The van der Waals surface area contributed by atoms with Gasteiger partial charge in [-0.25, -0.2) is 4.98 Å². The number of nitrogens with two attached hydrogens (primary N) is 1. The van der Waals surface area contributed by atoms with E-state index in [1.807, 2.05) is 10.3 Å². The van der Waals surface area contributed by atoms with Crippen molar-refractivity contribution < 1.29 is 14.6 Å². The van der Waals surface area contributed by atoms with E-state index in [1.54, 1.807) is 7.11 Å². The van der Waals surface area contributed by atoms with E-state index in [9.17, 15) is 9.90 Å². The van der Waals surface area contributed by atoms with Gasteiger partial charge in [-0.1, -0.05) is 0 Å². The summed E-state index contributed by atoms with van der Waals surface area (Å²) in [6.07, 6.45) is 3.75. The van der Waals surface area contributed by atoms with Crippen LogP contribution >= 0.6 is 11.3 Å². The van der Waals surface area contributed by atoms with Crippen molar-refractivity contribution in [2.45, 2.75) is 56.3 Å². The fourth-order valence-electron chi connectivity index (χ4n) is 3.79. The van der Waals surface area contributed by atoms with Crippen LogP contribution in [0.3, 0.4) is 0 Å². The molecule has 122 valence electrons. The number of aliphatic hydroxyl groups excluding tert-OH is 1. The summed E-state index contributed by atoms with van der Waals surface area (Å²) in [5.41, 5.74) is 6.22. The molecule has 1 aromatic heterocycles. The molecule has 1 saturated heterocycles. The van der Waals surface area contributed by atoms with E-state index in [0.717, 1.165) is 25.0 Å². The summed E-state index contributed by atoms with van der Waals surface area (Å²) >= 11 is 1.40. The van der Waals surface area contributed by atoms with Gasteiger partial charge in [0.1, 0.15) is 0 Å². The number of fused-ring (bicyclic) bond motifs is 1. The Kier molecular flexibility index (Phi) is 4.38. The number of ether oxygens (including phenoxy) is 1. The summed E-state index contributed by atoms with van der Waals surface area (Å²) in [5.74, 6) is 0.115.